The molecule has 0 aromatic heterocycles. The van der Waals surface area contributed by atoms with E-state index in [2.05, 4.69) is 17.0 Å². The smallest absolute Gasteiger partial charge is 0.254 e. The molecule has 1 aliphatic rings. The van der Waals surface area contributed by atoms with Crippen LogP contribution >= 0.6 is 23.4 Å². The van der Waals surface area contributed by atoms with Gasteiger partial charge >= 0.3 is 0 Å². The number of halogens is 1. The number of benzene rings is 2. The van der Waals surface area contributed by atoms with Gasteiger partial charge in [0.05, 0.1) is 0 Å². The highest BCUT2D eigenvalue weighted by Gasteiger charge is 2.23. The fourth-order valence-corrected chi connectivity index (χ4v) is 3.78. The average molecular weight is 375 g/mol. The molecule has 0 atom stereocenters. The van der Waals surface area contributed by atoms with Crippen LogP contribution in [0.15, 0.2) is 47.4 Å². The summed E-state index contributed by atoms with van der Waals surface area (Å²) < 4.78 is 0. The Balaban J connectivity index is 1.61. The zero-order chi connectivity index (χ0) is 17.8. The maximum absolute atomic E-state index is 12.9. The zero-order valence-corrected chi connectivity index (χ0v) is 16.2. The highest BCUT2D eigenvalue weighted by Crippen LogP contribution is 2.21. The first-order valence-corrected chi connectivity index (χ1v) is 10.1. The Hall–Kier alpha value is -1.49. The van der Waals surface area contributed by atoms with E-state index < -0.39 is 0 Å². The van der Waals surface area contributed by atoms with E-state index in [0.717, 1.165) is 53.8 Å². The first-order chi connectivity index (χ1) is 12.1. The van der Waals surface area contributed by atoms with Crippen LogP contribution in [0.1, 0.15) is 21.5 Å². The molecule has 1 aliphatic heterocycles. The molecule has 1 heterocycles. The Morgan fingerprint density at radius 1 is 1.12 bits per heavy atom. The largest absolute Gasteiger partial charge is 0.336 e. The maximum atomic E-state index is 12.9. The molecule has 0 radical (unpaired) electrons. The molecule has 0 saturated carbocycles. The lowest BCUT2D eigenvalue weighted by molar-refractivity contribution is 0.0627. The number of rotatable bonds is 4. The number of nitrogens with zero attached hydrogens (tertiary/aromatic N) is 2. The fourth-order valence-electron chi connectivity index (χ4n) is 3.13. The maximum Gasteiger partial charge on any atom is 0.254 e. The van der Waals surface area contributed by atoms with Crippen LogP contribution in [-0.2, 0) is 6.54 Å². The minimum absolute atomic E-state index is 0.149. The van der Waals surface area contributed by atoms with Gasteiger partial charge in [-0.2, -0.15) is 0 Å². The van der Waals surface area contributed by atoms with E-state index >= 15 is 0 Å². The predicted molar refractivity (Wildman–Crippen MR) is 106 cm³/mol. The number of hydrogen-bond donors (Lipinski definition) is 0. The van der Waals surface area contributed by atoms with Gasteiger partial charge in [0.25, 0.3) is 5.91 Å². The minimum Gasteiger partial charge on any atom is -0.336 e. The number of carbonyl (C=O) groups excluding carboxylic acids is 1. The summed E-state index contributed by atoms with van der Waals surface area (Å²) >= 11 is 7.73. The summed E-state index contributed by atoms with van der Waals surface area (Å²) in [5, 5.41) is 0.774. The Morgan fingerprint density at radius 2 is 1.88 bits per heavy atom. The molecule has 1 saturated heterocycles. The number of aryl methyl sites for hydroxylation is 1. The topological polar surface area (TPSA) is 23.6 Å². The third-order valence-corrected chi connectivity index (χ3v) is 5.59. The SMILES string of the molecule is CSc1ccc(C)c(C(=O)N2CCN(Cc3cccc(Cl)c3)CC2)c1. The van der Waals surface area contributed by atoms with Crippen LogP contribution in [0.25, 0.3) is 0 Å². The van der Waals surface area contributed by atoms with Crippen molar-refractivity contribution in [3.63, 3.8) is 0 Å². The summed E-state index contributed by atoms with van der Waals surface area (Å²) in [5.74, 6) is 0.149. The van der Waals surface area contributed by atoms with Crippen LogP contribution in [0.4, 0.5) is 0 Å². The number of amides is 1. The zero-order valence-electron chi connectivity index (χ0n) is 14.7. The van der Waals surface area contributed by atoms with Crippen LogP contribution in [0.2, 0.25) is 5.02 Å². The molecule has 0 unspecified atom stereocenters. The molecule has 2 aromatic rings. The van der Waals surface area contributed by atoms with Gasteiger partial charge in [0.1, 0.15) is 0 Å². The molecule has 25 heavy (non-hydrogen) atoms. The van der Waals surface area contributed by atoms with E-state index in [0.29, 0.717) is 0 Å². The van der Waals surface area contributed by atoms with Crippen LogP contribution < -0.4 is 0 Å². The monoisotopic (exact) mass is 374 g/mol. The van der Waals surface area contributed by atoms with E-state index in [1.54, 1.807) is 11.8 Å². The third-order valence-electron chi connectivity index (χ3n) is 4.63. The van der Waals surface area contributed by atoms with Gasteiger partial charge in [-0.05, 0) is 48.6 Å². The number of hydrogen-bond acceptors (Lipinski definition) is 3. The molecule has 0 aliphatic carbocycles. The van der Waals surface area contributed by atoms with Gasteiger partial charge in [-0.25, -0.2) is 0 Å². The second kappa shape index (κ2) is 8.26. The van der Waals surface area contributed by atoms with Crippen LogP contribution in [0, 0.1) is 6.92 Å². The van der Waals surface area contributed by atoms with Gasteiger partial charge in [0, 0.05) is 48.2 Å². The highest BCUT2D eigenvalue weighted by molar-refractivity contribution is 7.98. The molecule has 3 nitrogen and oxygen atoms in total. The Morgan fingerprint density at radius 3 is 2.56 bits per heavy atom. The highest BCUT2D eigenvalue weighted by atomic mass is 35.5. The standard InChI is InChI=1S/C20H23ClN2OS/c1-15-6-7-18(25-2)13-19(15)20(24)23-10-8-22(9-11-23)14-16-4-3-5-17(21)12-16/h3-7,12-13H,8-11,14H2,1-2H3. The summed E-state index contributed by atoms with van der Waals surface area (Å²) in [7, 11) is 0. The molecule has 0 spiro atoms. The molecular weight excluding hydrogens is 352 g/mol. The fraction of sp³-hybridized carbons (Fsp3) is 0.350. The van der Waals surface area contributed by atoms with Crippen LogP contribution in [-0.4, -0.2) is 48.1 Å². The number of thioether (sulfide) groups is 1. The summed E-state index contributed by atoms with van der Waals surface area (Å²) in [4.78, 5) is 18.4. The van der Waals surface area contributed by atoms with E-state index in [1.807, 2.05) is 48.4 Å². The molecule has 3 rings (SSSR count). The quantitative estimate of drug-likeness (QED) is 0.744. The van der Waals surface area contributed by atoms with Crippen molar-refractivity contribution in [2.24, 2.45) is 0 Å². The van der Waals surface area contributed by atoms with Gasteiger partial charge in [0.2, 0.25) is 0 Å². The number of piperazine rings is 1. The normalized spacial score (nSPS) is 15.4. The molecule has 0 N–H and O–H groups in total. The van der Waals surface area contributed by atoms with Crippen molar-refractivity contribution < 1.29 is 4.79 Å². The van der Waals surface area contributed by atoms with Crippen molar-refractivity contribution in [3.8, 4) is 0 Å². The van der Waals surface area contributed by atoms with Crippen molar-refractivity contribution in [2.45, 2.75) is 18.4 Å². The second-order valence-corrected chi connectivity index (χ2v) is 7.70. The van der Waals surface area contributed by atoms with E-state index in [-0.39, 0.29) is 5.91 Å². The van der Waals surface area contributed by atoms with Crippen molar-refractivity contribution in [2.75, 3.05) is 32.4 Å². The first kappa shape index (κ1) is 18.3. The first-order valence-electron chi connectivity index (χ1n) is 8.47. The summed E-state index contributed by atoms with van der Waals surface area (Å²) in [6.45, 7) is 6.19. The van der Waals surface area contributed by atoms with E-state index in [1.165, 1.54) is 5.56 Å². The van der Waals surface area contributed by atoms with Crippen molar-refractivity contribution >= 4 is 29.3 Å². The Kier molecular flexibility index (Phi) is 6.05. The van der Waals surface area contributed by atoms with Gasteiger partial charge in [-0.1, -0.05) is 29.8 Å². The Labute approximate surface area is 159 Å². The molecule has 132 valence electrons. The third kappa shape index (κ3) is 4.57. The van der Waals surface area contributed by atoms with E-state index in [4.69, 9.17) is 11.6 Å². The Bertz CT molecular complexity index is 757. The van der Waals surface area contributed by atoms with Crippen molar-refractivity contribution in [1.29, 1.82) is 0 Å². The lowest BCUT2D eigenvalue weighted by atomic mass is 10.1. The van der Waals surface area contributed by atoms with Gasteiger partial charge in [0.15, 0.2) is 0 Å². The van der Waals surface area contributed by atoms with Crippen molar-refractivity contribution in [3.05, 3.63) is 64.2 Å². The lowest BCUT2D eigenvalue weighted by Crippen LogP contribution is -2.48. The van der Waals surface area contributed by atoms with Gasteiger partial charge in [-0.3, -0.25) is 9.69 Å². The van der Waals surface area contributed by atoms with Crippen LogP contribution in [0.5, 0.6) is 0 Å². The summed E-state index contributed by atoms with van der Waals surface area (Å²) in [6.07, 6.45) is 2.04. The van der Waals surface area contributed by atoms with Gasteiger partial charge < -0.3 is 4.90 Å². The van der Waals surface area contributed by atoms with Crippen LogP contribution in [0.3, 0.4) is 0 Å². The lowest BCUT2D eigenvalue weighted by Gasteiger charge is -2.35. The molecular formula is C20H23ClN2OS. The molecule has 1 fully saturated rings. The summed E-state index contributed by atoms with van der Waals surface area (Å²) in [5.41, 5.74) is 3.09. The molecule has 2 aromatic carbocycles. The molecule has 1 amide bonds. The number of carbonyl (C=O) groups is 1. The predicted octanol–water partition coefficient (Wildman–Crippen LogP) is 4.33. The molecule has 5 heteroatoms. The van der Waals surface area contributed by atoms with Gasteiger partial charge in [-0.15, -0.1) is 11.8 Å². The second-order valence-electron chi connectivity index (χ2n) is 6.38. The minimum atomic E-state index is 0.149. The van der Waals surface area contributed by atoms with E-state index in [9.17, 15) is 4.79 Å². The van der Waals surface area contributed by atoms with Crippen molar-refractivity contribution in [1.82, 2.24) is 9.80 Å². The molecule has 0 bridgehead atoms. The summed E-state index contributed by atoms with van der Waals surface area (Å²) in [6, 6.07) is 14.1. The average Bonchev–Trinajstić information content (AvgIpc) is 2.62.